The highest BCUT2D eigenvalue weighted by atomic mass is 16.2. The molecule has 0 aliphatic carbocycles. The third-order valence-corrected chi connectivity index (χ3v) is 5.59. The van der Waals surface area contributed by atoms with Gasteiger partial charge in [0.1, 0.15) is 6.54 Å². The number of pyridine rings is 1. The number of aromatic nitrogens is 3. The maximum atomic E-state index is 12.7. The Bertz CT molecular complexity index is 790. The number of likely N-dealkylation sites (tertiary alicyclic amines) is 2. The first-order chi connectivity index (χ1) is 13.2. The van der Waals surface area contributed by atoms with E-state index < -0.39 is 0 Å². The van der Waals surface area contributed by atoms with Gasteiger partial charge in [0.15, 0.2) is 0 Å². The van der Waals surface area contributed by atoms with Crippen LogP contribution in [-0.2, 0) is 16.1 Å². The first kappa shape index (κ1) is 17.7. The number of hydrogen-bond donors (Lipinski definition) is 0. The molecular formula is C20H25N5O2. The van der Waals surface area contributed by atoms with Gasteiger partial charge in [-0.05, 0) is 43.9 Å². The summed E-state index contributed by atoms with van der Waals surface area (Å²) >= 11 is 0. The van der Waals surface area contributed by atoms with Crippen molar-refractivity contribution >= 4 is 11.8 Å². The highest BCUT2D eigenvalue weighted by Crippen LogP contribution is 2.23. The summed E-state index contributed by atoms with van der Waals surface area (Å²) in [6, 6.07) is 5.73. The Balaban J connectivity index is 1.34. The Morgan fingerprint density at radius 1 is 0.926 bits per heavy atom. The van der Waals surface area contributed by atoms with E-state index in [0.29, 0.717) is 13.1 Å². The summed E-state index contributed by atoms with van der Waals surface area (Å²) in [5.41, 5.74) is 1.90. The molecule has 0 atom stereocenters. The van der Waals surface area contributed by atoms with E-state index in [9.17, 15) is 9.59 Å². The summed E-state index contributed by atoms with van der Waals surface area (Å²) < 4.78 is 1.74. The smallest absolute Gasteiger partial charge is 0.244 e. The van der Waals surface area contributed by atoms with Crippen LogP contribution in [0, 0.1) is 5.92 Å². The van der Waals surface area contributed by atoms with Crippen LogP contribution in [-0.4, -0.2) is 62.6 Å². The zero-order valence-electron chi connectivity index (χ0n) is 15.5. The van der Waals surface area contributed by atoms with Gasteiger partial charge in [-0.2, -0.15) is 5.10 Å². The van der Waals surface area contributed by atoms with Crippen molar-refractivity contribution < 1.29 is 9.59 Å². The number of nitrogens with zero attached hydrogens (tertiary/aromatic N) is 5. The molecule has 2 fully saturated rings. The molecule has 2 aromatic rings. The summed E-state index contributed by atoms with van der Waals surface area (Å²) in [6.07, 6.45) is 8.94. The first-order valence-electron chi connectivity index (χ1n) is 9.71. The number of hydrogen-bond acceptors (Lipinski definition) is 4. The molecule has 0 unspecified atom stereocenters. The van der Waals surface area contributed by atoms with Gasteiger partial charge in [0.2, 0.25) is 11.8 Å². The van der Waals surface area contributed by atoms with Crippen molar-refractivity contribution in [1.82, 2.24) is 24.6 Å². The van der Waals surface area contributed by atoms with Gasteiger partial charge in [0.05, 0.1) is 5.69 Å². The van der Waals surface area contributed by atoms with Crippen molar-refractivity contribution in [2.75, 3.05) is 26.2 Å². The SMILES string of the molecule is O=C(Cn1nccc1-c1ccncc1)N1CCC(C(=O)N2CCCC2)CC1. The summed E-state index contributed by atoms with van der Waals surface area (Å²) in [4.78, 5) is 33.2. The van der Waals surface area contributed by atoms with Crippen molar-refractivity contribution in [2.45, 2.75) is 32.2 Å². The molecule has 0 spiro atoms. The third kappa shape index (κ3) is 3.86. The van der Waals surface area contributed by atoms with E-state index in [4.69, 9.17) is 0 Å². The number of piperidine rings is 1. The number of rotatable bonds is 4. The van der Waals surface area contributed by atoms with Gasteiger partial charge in [-0.25, -0.2) is 0 Å². The molecule has 2 aliphatic rings. The molecule has 0 bridgehead atoms. The quantitative estimate of drug-likeness (QED) is 0.826. The standard InChI is InChI=1S/C20H25N5O2/c26-19(15-25-18(5-10-22-25)16-3-8-21-9-4-16)23-13-6-17(7-14-23)20(27)24-11-1-2-12-24/h3-5,8-10,17H,1-2,6-7,11-15H2. The molecule has 2 amide bonds. The molecule has 0 saturated carbocycles. The Hall–Kier alpha value is -2.70. The van der Waals surface area contributed by atoms with E-state index in [0.717, 1.165) is 50.0 Å². The van der Waals surface area contributed by atoms with Crippen LogP contribution in [0.1, 0.15) is 25.7 Å². The Kier molecular flexibility index (Phi) is 5.18. The van der Waals surface area contributed by atoms with Gasteiger partial charge in [0.25, 0.3) is 0 Å². The molecule has 2 aromatic heterocycles. The summed E-state index contributed by atoms with van der Waals surface area (Å²) in [7, 11) is 0. The largest absolute Gasteiger partial charge is 0.342 e. The fourth-order valence-electron chi connectivity index (χ4n) is 4.03. The maximum Gasteiger partial charge on any atom is 0.244 e. The molecule has 4 rings (SSSR count). The van der Waals surface area contributed by atoms with Crippen LogP contribution in [0.15, 0.2) is 36.8 Å². The van der Waals surface area contributed by atoms with Crippen molar-refractivity contribution in [1.29, 1.82) is 0 Å². The molecular weight excluding hydrogens is 342 g/mol. The minimum absolute atomic E-state index is 0.0566. The first-order valence-corrected chi connectivity index (χ1v) is 9.71. The van der Waals surface area contributed by atoms with Crippen molar-refractivity contribution in [3.63, 3.8) is 0 Å². The maximum absolute atomic E-state index is 12.7. The molecule has 0 N–H and O–H groups in total. The predicted octanol–water partition coefficient (Wildman–Crippen LogP) is 1.81. The number of carbonyl (C=O) groups excluding carboxylic acids is 2. The van der Waals surface area contributed by atoms with Crippen molar-refractivity contribution in [3.05, 3.63) is 36.8 Å². The number of amides is 2. The molecule has 0 radical (unpaired) electrons. The van der Waals surface area contributed by atoms with E-state index in [2.05, 4.69) is 10.1 Å². The summed E-state index contributed by atoms with van der Waals surface area (Å²) in [5, 5.41) is 4.31. The zero-order chi connectivity index (χ0) is 18.6. The van der Waals surface area contributed by atoms with Gasteiger partial charge in [0, 0.05) is 56.3 Å². The van der Waals surface area contributed by atoms with Gasteiger partial charge in [-0.15, -0.1) is 0 Å². The predicted molar refractivity (Wildman–Crippen MR) is 101 cm³/mol. The minimum Gasteiger partial charge on any atom is -0.342 e. The van der Waals surface area contributed by atoms with Crippen LogP contribution in [0.2, 0.25) is 0 Å². The van der Waals surface area contributed by atoms with Crippen molar-refractivity contribution in [3.8, 4) is 11.3 Å². The van der Waals surface area contributed by atoms with Crippen molar-refractivity contribution in [2.24, 2.45) is 5.92 Å². The second-order valence-corrected chi connectivity index (χ2v) is 7.30. The van der Waals surface area contributed by atoms with Crippen LogP contribution >= 0.6 is 0 Å². The molecule has 7 heteroatoms. The lowest BCUT2D eigenvalue weighted by Crippen LogP contribution is -2.44. The van der Waals surface area contributed by atoms with Gasteiger partial charge < -0.3 is 9.80 Å². The molecule has 4 heterocycles. The Labute approximate surface area is 159 Å². The molecule has 27 heavy (non-hydrogen) atoms. The van der Waals surface area contributed by atoms with Crippen LogP contribution in [0.4, 0.5) is 0 Å². The molecule has 0 aromatic carbocycles. The van der Waals surface area contributed by atoms with E-state index in [1.54, 1.807) is 23.3 Å². The number of carbonyl (C=O) groups is 2. The van der Waals surface area contributed by atoms with Gasteiger partial charge in [-0.3, -0.25) is 19.3 Å². The topological polar surface area (TPSA) is 71.3 Å². The molecule has 2 saturated heterocycles. The van der Waals surface area contributed by atoms with Crippen LogP contribution < -0.4 is 0 Å². The highest BCUT2D eigenvalue weighted by Gasteiger charge is 2.31. The summed E-state index contributed by atoms with van der Waals surface area (Å²) in [5.74, 6) is 0.414. The second kappa shape index (κ2) is 7.90. The zero-order valence-corrected chi connectivity index (χ0v) is 15.5. The fraction of sp³-hybridized carbons (Fsp3) is 0.500. The average Bonchev–Trinajstić information content (AvgIpc) is 3.40. The monoisotopic (exact) mass is 367 g/mol. The third-order valence-electron chi connectivity index (χ3n) is 5.59. The van der Waals surface area contributed by atoms with E-state index in [1.165, 1.54) is 0 Å². The van der Waals surface area contributed by atoms with E-state index >= 15 is 0 Å². The molecule has 2 aliphatic heterocycles. The Morgan fingerprint density at radius 2 is 1.63 bits per heavy atom. The fourth-order valence-corrected chi connectivity index (χ4v) is 4.03. The summed E-state index contributed by atoms with van der Waals surface area (Å²) in [6.45, 7) is 3.31. The lowest BCUT2D eigenvalue weighted by atomic mass is 9.95. The lowest BCUT2D eigenvalue weighted by Gasteiger charge is -2.33. The van der Waals surface area contributed by atoms with E-state index in [-0.39, 0.29) is 24.3 Å². The molecule has 142 valence electrons. The van der Waals surface area contributed by atoms with Gasteiger partial charge in [-0.1, -0.05) is 0 Å². The van der Waals surface area contributed by atoms with Crippen LogP contribution in [0.25, 0.3) is 11.3 Å². The lowest BCUT2D eigenvalue weighted by molar-refractivity contribution is -0.140. The minimum atomic E-state index is 0.0566. The van der Waals surface area contributed by atoms with Gasteiger partial charge >= 0.3 is 0 Å². The average molecular weight is 367 g/mol. The molecule has 7 nitrogen and oxygen atoms in total. The van der Waals surface area contributed by atoms with Crippen LogP contribution in [0.3, 0.4) is 0 Å². The van der Waals surface area contributed by atoms with E-state index in [1.807, 2.05) is 28.0 Å². The Morgan fingerprint density at radius 3 is 2.33 bits per heavy atom. The van der Waals surface area contributed by atoms with Crippen LogP contribution in [0.5, 0.6) is 0 Å². The highest BCUT2D eigenvalue weighted by molar-refractivity contribution is 5.80. The second-order valence-electron chi connectivity index (χ2n) is 7.30. The normalized spacial score (nSPS) is 18.1.